The SMILES string of the molecule is COCCOC(=O)c1c(C)oc2ccc(NS(=O)(=O)c3ccc(Cl)c([N+](=O)[O-])c3)cc12. The smallest absolute Gasteiger partial charge is 0.342 e. The number of nitro groups is 1. The van der Waals surface area contributed by atoms with Gasteiger partial charge in [0.05, 0.1) is 16.4 Å². The number of sulfonamides is 1. The topological polar surface area (TPSA) is 138 Å². The molecule has 2 aromatic carbocycles. The maximum Gasteiger partial charge on any atom is 0.342 e. The van der Waals surface area contributed by atoms with E-state index in [-0.39, 0.29) is 34.4 Å². The molecule has 0 fully saturated rings. The van der Waals surface area contributed by atoms with E-state index in [9.17, 15) is 23.3 Å². The first-order valence-corrected chi connectivity index (χ1v) is 10.7. The third-order valence-corrected chi connectivity index (χ3v) is 5.96. The minimum atomic E-state index is -4.18. The van der Waals surface area contributed by atoms with E-state index >= 15 is 0 Å². The molecule has 1 aromatic heterocycles. The number of fused-ring (bicyclic) bond motifs is 1. The van der Waals surface area contributed by atoms with Crippen molar-refractivity contribution in [3.05, 3.63) is 62.9 Å². The fourth-order valence-corrected chi connectivity index (χ4v) is 4.10. The number of ether oxygens (including phenoxy) is 2. The summed E-state index contributed by atoms with van der Waals surface area (Å²) in [5.41, 5.74) is 0.110. The number of hydrogen-bond donors (Lipinski definition) is 1. The molecule has 0 amide bonds. The number of anilines is 1. The highest BCUT2D eigenvalue weighted by Crippen LogP contribution is 2.31. The predicted molar refractivity (Wildman–Crippen MR) is 112 cm³/mol. The molecular formula is C19H17ClN2O8S. The summed E-state index contributed by atoms with van der Waals surface area (Å²) < 4.78 is 43.3. The monoisotopic (exact) mass is 468 g/mol. The second-order valence-electron chi connectivity index (χ2n) is 6.35. The summed E-state index contributed by atoms with van der Waals surface area (Å²) >= 11 is 5.74. The number of carbonyl (C=O) groups is 1. The number of benzene rings is 2. The minimum Gasteiger partial charge on any atom is -0.460 e. The van der Waals surface area contributed by atoms with Crippen molar-refractivity contribution >= 4 is 49.9 Å². The van der Waals surface area contributed by atoms with Crippen molar-refractivity contribution in [2.75, 3.05) is 25.0 Å². The zero-order valence-electron chi connectivity index (χ0n) is 16.4. The highest BCUT2D eigenvalue weighted by Gasteiger charge is 2.23. The molecule has 12 heteroatoms. The highest BCUT2D eigenvalue weighted by atomic mass is 35.5. The van der Waals surface area contributed by atoms with Gasteiger partial charge in [-0.05, 0) is 37.3 Å². The number of carbonyl (C=O) groups excluding carboxylic acids is 1. The van der Waals surface area contributed by atoms with Crippen LogP contribution in [0.25, 0.3) is 11.0 Å². The first kappa shape index (κ1) is 22.5. The van der Waals surface area contributed by atoms with E-state index in [4.69, 9.17) is 25.5 Å². The molecule has 10 nitrogen and oxygen atoms in total. The van der Waals surface area contributed by atoms with Crippen molar-refractivity contribution in [3.8, 4) is 0 Å². The van der Waals surface area contributed by atoms with Gasteiger partial charge in [-0.15, -0.1) is 0 Å². The van der Waals surface area contributed by atoms with Gasteiger partial charge in [-0.1, -0.05) is 11.6 Å². The molecule has 0 aliphatic rings. The molecular weight excluding hydrogens is 452 g/mol. The Morgan fingerprint density at radius 3 is 2.65 bits per heavy atom. The molecule has 31 heavy (non-hydrogen) atoms. The lowest BCUT2D eigenvalue weighted by Crippen LogP contribution is -2.13. The maximum atomic E-state index is 12.7. The van der Waals surface area contributed by atoms with E-state index in [1.54, 1.807) is 6.92 Å². The molecule has 0 unspecified atom stereocenters. The Kier molecular flexibility index (Phi) is 6.48. The number of esters is 1. The van der Waals surface area contributed by atoms with E-state index in [1.165, 1.54) is 25.3 Å². The maximum absolute atomic E-state index is 12.7. The summed E-state index contributed by atoms with van der Waals surface area (Å²) in [6.45, 7) is 1.85. The van der Waals surface area contributed by atoms with Gasteiger partial charge in [0.1, 0.15) is 28.5 Å². The van der Waals surface area contributed by atoms with E-state index in [1.807, 2.05) is 0 Å². The van der Waals surface area contributed by atoms with Crippen LogP contribution in [0.3, 0.4) is 0 Å². The van der Waals surface area contributed by atoms with Gasteiger partial charge in [0.15, 0.2) is 0 Å². The van der Waals surface area contributed by atoms with Crippen LogP contribution in [0.15, 0.2) is 45.7 Å². The van der Waals surface area contributed by atoms with Gasteiger partial charge in [0, 0.05) is 24.2 Å². The van der Waals surface area contributed by atoms with Crippen molar-refractivity contribution in [2.24, 2.45) is 0 Å². The second kappa shape index (κ2) is 8.92. The van der Waals surface area contributed by atoms with Crippen molar-refractivity contribution in [2.45, 2.75) is 11.8 Å². The summed E-state index contributed by atoms with van der Waals surface area (Å²) in [5.74, 6) is -0.326. The quantitative estimate of drug-likeness (QED) is 0.227. The first-order valence-electron chi connectivity index (χ1n) is 8.80. The summed E-state index contributed by atoms with van der Waals surface area (Å²) in [4.78, 5) is 22.3. The van der Waals surface area contributed by atoms with Gasteiger partial charge in [-0.3, -0.25) is 14.8 Å². The molecule has 0 saturated heterocycles. The lowest BCUT2D eigenvalue weighted by atomic mass is 10.1. The summed E-state index contributed by atoms with van der Waals surface area (Å²) in [6.07, 6.45) is 0. The molecule has 0 atom stereocenters. The Morgan fingerprint density at radius 2 is 1.97 bits per heavy atom. The number of nitrogens with one attached hydrogen (secondary N) is 1. The van der Waals surface area contributed by atoms with Crippen LogP contribution >= 0.6 is 11.6 Å². The summed E-state index contributed by atoms with van der Waals surface area (Å²) in [7, 11) is -2.70. The zero-order chi connectivity index (χ0) is 22.8. The molecule has 0 aliphatic carbocycles. The number of hydrogen-bond acceptors (Lipinski definition) is 8. The Labute approximate surface area is 181 Å². The van der Waals surface area contributed by atoms with E-state index in [2.05, 4.69) is 4.72 Å². The molecule has 1 heterocycles. The summed E-state index contributed by atoms with van der Waals surface area (Å²) in [6, 6.07) is 7.50. The van der Waals surface area contributed by atoms with Gasteiger partial charge in [0.25, 0.3) is 15.7 Å². The number of nitrogens with zero attached hydrogens (tertiary/aromatic N) is 1. The van der Waals surface area contributed by atoms with E-state index in [0.717, 1.165) is 18.2 Å². The van der Waals surface area contributed by atoms with Crippen LogP contribution in [0, 0.1) is 17.0 Å². The van der Waals surface area contributed by atoms with Crippen LogP contribution in [0.5, 0.6) is 0 Å². The number of aryl methyl sites for hydroxylation is 1. The van der Waals surface area contributed by atoms with Gasteiger partial charge >= 0.3 is 5.97 Å². The number of methoxy groups -OCH3 is 1. The Bertz CT molecular complexity index is 1270. The van der Waals surface area contributed by atoms with Crippen LogP contribution in [0.2, 0.25) is 5.02 Å². The molecule has 3 aromatic rings. The van der Waals surface area contributed by atoms with E-state index in [0.29, 0.717) is 16.7 Å². The molecule has 164 valence electrons. The Balaban J connectivity index is 1.95. The fourth-order valence-electron chi connectivity index (χ4n) is 2.84. The van der Waals surface area contributed by atoms with Crippen molar-refractivity contribution in [3.63, 3.8) is 0 Å². The van der Waals surface area contributed by atoms with Crippen LogP contribution < -0.4 is 4.72 Å². The molecule has 0 spiro atoms. The van der Waals surface area contributed by atoms with Crippen LogP contribution in [-0.4, -0.2) is 39.6 Å². The number of rotatable bonds is 8. The zero-order valence-corrected chi connectivity index (χ0v) is 18.0. The molecule has 1 N–H and O–H groups in total. The third kappa shape index (κ3) is 4.79. The van der Waals surface area contributed by atoms with Crippen molar-refractivity contribution < 1.29 is 32.0 Å². The van der Waals surface area contributed by atoms with Gasteiger partial charge in [-0.25, -0.2) is 13.2 Å². The van der Waals surface area contributed by atoms with Crippen LogP contribution in [0.4, 0.5) is 11.4 Å². The predicted octanol–water partition coefficient (Wildman–Crippen LogP) is 3.91. The Morgan fingerprint density at radius 1 is 1.23 bits per heavy atom. The third-order valence-electron chi connectivity index (χ3n) is 4.27. The standard InChI is InChI=1S/C19H17ClN2O8S/c1-11-18(19(23)29-8-7-28-2)14-9-12(3-6-17(14)30-11)21-31(26,27)13-4-5-15(20)16(10-13)22(24)25/h3-6,9-10,21H,7-8H2,1-2H3. The lowest BCUT2D eigenvalue weighted by Gasteiger charge is -2.09. The Hall–Kier alpha value is -3.15. The second-order valence-corrected chi connectivity index (χ2v) is 8.44. The van der Waals surface area contributed by atoms with Crippen molar-refractivity contribution in [1.29, 1.82) is 0 Å². The van der Waals surface area contributed by atoms with E-state index < -0.39 is 26.6 Å². The first-order chi connectivity index (χ1) is 14.6. The molecule has 0 aliphatic heterocycles. The van der Waals surface area contributed by atoms with Gasteiger partial charge in [-0.2, -0.15) is 0 Å². The molecule has 0 bridgehead atoms. The van der Waals surface area contributed by atoms with Crippen LogP contribution in [-0.2, 0) is 19.5 Å². The lowest BCUT2D eigenvalue weighted by molar-refractivity contribution is -0.384. The fraction of sp³-hybridized carbons (Fsp3) is 0.211. The highest BCUT2D eigenvalue weighted by molar-refractivity contribution is 7.92. The number of furan rings is 1. The number of halogens is 1. The molecule has 0 saturated carbocycles. The van der Waals surface area contributed by atoms with Gasteiger partial charge in [0.2, 0.25) is 0 Å². The molecule has 0 radical (unpaired) electrons. The molecule has 3 rings (SSSR count). The average molecular weight is 469 g/mol. The van der Waals surface area contributed by atoms with Crippen molar-refractivity contribution in [1.82, 2.24) is 0 Å². The van der Waals surface area contributed by atoms with Gasteiger partial charge < -0.3 is 13.9 Å². The van der Waals surface area contributed by atoms with Crippen LogP contribution in [0.1, 0.15) is 16.1 Å². The number of nitro benzene ring substituents is 1. The largest absolute Gasteiger partial charge is 0.460 e. The summed E-state index contributed by atoms with van der Waals surface area (Å²) in [5, 5.41) is 11.2. The normalized spacial score (nSPS) is 11.5. The minimum absolute atomic E-state index is 0.0448. The average Bonchev–Trinajstić information content (AvgIpc) is 3.02.